The van der Waals surface area contributed by atoms with Crippen molar-refractivity contribution in [1.82, 2.24) is 4.98 Å². The third-order valence-corrected chi connectivity index (χ3v) is 5.50. The molecule has 1 N–H and O–H groups in total. The summed E-state index contributed by atoms with van der Waals surface area (Å²) in [4.78, 5) is 16.3. The second-order valence-electron chi connectivity index (χ2n) is 6.09. The quantitative estimate of drug-likeness (QED) is 0.667. The average Bonchev–Trinajstić information content (AvgIpc) is 3.07. The van der Waals surface area contributed by atoms with Crippen molar-refractivity contribution in [2.24, 2.45) is 0 Å². The second kappa shape index (κ2) is 8.29. The molecule has 2 rings (SSSR count). The van der Waals surface area contributed by atoms with E-state index < -0.39 is 0 Å². The number of anilines is 2. The van der Waals surface area contributed by atoms with Crippen molar-refractivity contribution >= 4 is 28.1 Å². The molecule has 0 radical (unpaired) electrons. The van der Waals surface area contributed by atoms with Crippen molar-refractivity contribution in [3.8, 4) is 0 Å². The number of ether oxygens (including phenoxy) is 1. The number of carbonyl (C=O) groups is 1. The van der Waals surface area contributed by atoms with E-state index in [1.165, 1.54) is 12.7 Å². The number of methoxy groups -OCH3 is 1. The number of thiazole rings is 1. The van der Waals surface area contributed by atoms with Crippen LogP contribution in [0, 0.1) is 6.92 Å². The summed E-state index contributed by atoms with van der Waals surface area (Å²) in [5.74, 6) is -0.158. The van der Waals surface area contributed by atoms with Crippen LogP contribution in [-0.2, 0) is 14.9 Å². The van der Waals surface area contributed by atoms with Crippen molar-refractivity contribution < 1.29 is 9.53 Å². The van der Waals surface area contributed by atoms with Gasteiger partial charge in [-0.25, -0.2) is 4.98 Å². The lowest BCUT2D eigenvalue weighted by molar-refractivity contribution is -0.141. The highest BCUT2D eigenvalue weighted by atomic mass is 32.1. The van der Waals surface area contributed by atoms with Crippen LogP contribution in [0.25, 0.3) is 0 Å². The largest absolute Gasteiger partial charge is 0.469 e. The van der Waals surface area contributed by atoms with Gasteiger partial charge in [0.2, 0.25) is 0 Å². The Morgan fingerprint density at radius 2 is 1.92 bits per heavy atom. The third-order valence-electron chi connectivity index (χ3n) is 4.74. The lowest BCUT2D eigenvalue weighted by atomic mass is 9.76. The molecule has 0 atom stereocenters. The number of nitrogens with one attached hydrogen (secondary N) is 1. The van der Waals surface area contributed by atoms with E-state index >= 15 is 0 Å². The number of aromatic nitrogens is 1. The molecule has 0 saturated carbocycles. The molecule has 1 heterocycles. The lowest BCUT2D eigenvalue weighted by Crippen LogP contribution is -2.26. The smallest absolute Gasteiger partial charge is 0.305 e. The van der Waals surface area contributed by atoms with Gasteiger partial charge in [-0.3, -0.25) is 4.79 Å². The first-order valence-corrected chi connectivity index (χ1v) is 9.27. The maximum atomic E-state index is 11.5. The van der Waals surface area contributed by atoms with E-state index in [9.17, 15) is 4.79 Å². The van der Waals surface area contributed by atoms with E-state index in [1.54, 1.807) is 11.3 Å². The summed E-state index contributed by atoms with van der Waals surface area (Å²) < 4.78 is 4.80. The Balaban J connectivity index is 2.15. The molecule has 5 heteroatoms. The third kappa shape index (κ3) is 4.35. The van der Waals surface area contributed by atoms with Crippen LogP contribution in [0.2, 0.25) is 0 Å². The summed E-state index contributed by atoms with van der Waals surface area (Å²) in [6, 6.07) is 8.27. The minimum atomic E-state index is -0.158. The fourth-order valence-electron chi connectivity index (χ4n) is 2.87. The molecule has 130 valence electrons. The zero-order chi connectivity index (χ0) is 17.6. The van der Waals surface area contributed by atoms with Crippen LogP contribution >= 0.6 is 11.3 Å². The Labute approximate surface area is 148 Å². The Hall–Kier alpha value is -1.88. The van der Waals surface area contributed by atoms with Crippen molar-refractivity contribution in [1.29, 1.82) is 0 Å². The summed E-state index contributed by atoms with van der Waals surface area (Å²) in [7, 11) is 1.44. The monoisotopic (exact) mass is 346 g/mol. The van der Waals surface area contributed by atoms with Gasteiger partial charge in [0.15, 0.2) is 5.13 Å². The van der Waals surface area contributed by atoms with Gasteiger partial charge in [-0.1, -0.05) is 31.5 Å². The zero-order valence-corrected chi connectivity index (χ0v) is 15.7. The van der Waals surface area contributed by atoms with Gasteiger partial charge in [-0.2, -0.15) is 0 Å². The summed E-state index contributed by atoms with van der Waals surface area (Å²) >= 11 is 1.61. The predicted octanol–water partition coefficient (Wildman–Crippen LogP) is 5.21. The fourth-order valence-corrected chi connectivity index (χ4v) is 3.73. The van der Waals surface area contributed by atoms with Crippen LogP contribution in [0.5, 0.6) is 0 Å². The topological polar surface area (TPSA) is 51.2 Å². The highest BCUT2D eigenvalue weighted by Gasteiger charge is 2.31. The van der Waals surface area contributed by atoms with E-state index in [2.05, 4.69) is 55.7 Å². The minimum absolute atomic E-state index is 0.0715. The van der Waals surface area contributed by atoms with Crippen LogP contribution in [0.15, 0.2) is 29.6 Å². The second-order valence-corrected chi connectivity index (χ2v) is 6.95. The number of esters is 1. The zero-order valence-electron chi connectivity index (χ0n) is 14.9. The van der Waals surface area contributed by atoms with Gasteiger partial charge in [0.1, 0.15) is 0 Å². The molecule has 0 spiro atoms. The first kappa shape index (κ1) is 18.5. The molecule has 2 aromatic rings. The molecular weight excluding hydrogens is 320 g/mol. The number of nitrogens with zero attached hydrogens (tertiary/aromatic N) is 1. The van der Waals surface area contributed by atoms with Crippen molar-refractivity contribution in [2.75, 3.05) is 12.4 Å². The van der Waals surface area contributed by atoms with Gasteiger partial charge in [0.05, 0.1) is 12.8 Å². The highest BCUT2D eigenvalue weighted by Crippen LogP contribution is 2.38. The van der Waals surface area contributed by atoms with Gasteiger partial charge in [0, 0.05) is 22.9 Å². The normalized spacial score (nSPS) is 11.3. The lowest BCUT2D eigenvalue weighted by Gasteiger charge is -2.29. The molecule has 1 aromatic heterocycles. The molecule has 0 fully saturated rings. The standard InChI is InChI=1S/C19H26N2O2S/c1-5-19(6-2,12-11-17(22)23-4)16-13-24-18(21-16)20-15-9-7-14(3)8-10-15/h7-10,13H,5-6,11-12H2,1-4H3,(H,20,21). The molecule has 0 aliphatic carbocycles. The number of hydrogen-bond acceptors (Lipinski definition) is 5. The summed E-state index contributed by atoms with van der Waals surface area (Å²) in [6.07, 6.45) is 3.10. The van der Waals surface area contributed by atoms with Gasteiger partial charge in [-0.15, -0.1) is 11.3 Å². The number of rotatable bonds is 8. The van der Waals surface area contributed by atoms with E-state index in [1.807, 2.05) is 0 Å². The molecule has 0 unspecified atom stereocenters. The Bertz CT molecular complexity index is 660. The molecular formula is C19H26N2O2S. The van der Waals surface area contributed by atoms with Gasteiger partial charge < -0.3 is 10.1 Å². The number of carbonyl (C=O) groups excluding carboxylic acids is 1. The van der Waals surface area contributed by atoms with Crippen molar-refractivity contribution in [2.45, 2.75) is 51.9 Å². The molecule has 0 bridgehead atoms. The van der Waals surface area contributed by atoms with Gasteiger partial charge >= 0.3 is 5.97 Å². The Morgan fingerprint density at radius 3 is 2.50 bits per heavy atom. The van der Waals surface area contributed by atoms with Gasteiger partial charge in [0.25, 0.3) is 0 Å². The Morgan fingerprint density at radius 1 is 1.25 bits per heavy atom. The molecule has 0 aliphatic rings. The number of aryl methyl sites for hydroxylation is 1. The minimum Gasteiger partial charge on any atom is -0.469 e. The highest BCUT2D eigenvalue weighted by molar-refractivity contribution is 7.13. The van der Waals surface area contributed by atoms with E-state index in [0.717, 1.165) is 35.8 Å². The van der Waals surface area contributed by atoms with E-state index in [0.29, 0.717) is 6.42 Å². The molecule has 1 aromatic carbocycles. The molecule has 24 heavy (non-hydrogen) atoms. The van der Waals surface area contributed by atoms with Crippen LogP contribution < -0.4 is 5.32 Å². The van der Waals surface area contributed by atoms with Crippen LogP contribution in [0.4, 0.5) is 10.8 Å². The van der Waals surface area contributed by atoms with Crippen LogP contribution in [0.3, 0.4) is 0 Å². The van der Waals surface area contributed by atoms with Crippen molar-refractivity contribution in [3.05, 3.63) is 40.9 Å². The molecule has 0 amide bonds. The molecule has 0 aliphatic heterocycles. The van der Waals surface area contributed by atoms with Crippen LogP contribution in [-0.4, -0.2) is 18.1 Å². The molecule has 0 saturated heterocycles. The average molecular weight is 346 g/mol. The summed E-state index contributed by atoms with van der Waals surface area (Å²) in [6.45, 7) is 6.39. The summed E-state index contributed by atoms with van der Waals surface area (Å²) in [5.41, 5.74) is 3.27. The van der Waals surface area contributed by atoms with Crippen molar-refractivity contribution in [3.63, 3.8) is 0 Å². The SMILES string of the molecule is CCC(CC)(CCC(=O)OC)c1csc(Nc2ccc(C)cc2)n1. The first-order valence-electron chi connectivity index (χ1n) is 8.39. The number of benzene rings is 1. The van der Waals surface area contributed by atoms with E-state index in [4.69, 9.17) is 9.72 Å². The van der Waals surface area contributed by atoms with Crippen LogP contribution in [0.1, 0.15) is 50.8 Å². The maximum Gasteiger partial charge on any atom is 0.305 e. The first-order chi connectivity index (χ1) is 11.5. The predicted molar refractivity (Wildman–Crippen MR) is 100 cm³/mol. The molecule has 4 nitrogen and oxygen atoms in total. The maximum absolute atomic E-state index is 11.5. The fraction of sp³-hybridized carbons (Fsp3) is 0.474. The number of hydrogen-bond donors (Lipinski definition) is 1. The van der Waals surface area contributed by atoms with Gasteiger partial charge in [-0.05, 0) is 38.3 Å². The summed E-state index contributed by atoms with van der Waals surface area (Å²) in [5, 5.41) is 6.36. The van der Waals surface area contributed by atoms with E-state index in [-0.39, 0.29) is 11.4 Å². The Kier molecular flexibility index (Phi) is 6.37.